The Morgan fingerprint density at radius 3 is 2.76 bits per heavy atom. The summed E-state index contributed by atoms with van der Waals surface area (Å²) in [4.78, 5) is 15.6. The smallest absolute Gasteiger partial charge is 0.253 e. The second-order valence-electron chi connectivity index (χ2n) is 4.13. The average Bonchev–Trinajstić information content (AvgIpc) is 2.25. The fourth-order valence-corrected chi connectivity index (χ4v) is 1.22. The molecule has 0 fully saturated rings. The maximum Gasteiger partial charge on any atom is 0.253 e. The van der Waals surface area contributed by atoms with E-state index in [0.717, 1.165) is 0 Å². The number of aliphatic hydroxyl groups excluding tert-OH is 1. The Bertz CT molecular complexity index is 378. The van der Waals surface area contributed by atoms with Crippen molar-refractivity contribution in [3.63, 3.8) is 0 Å². The van der Waals surface area contributed by atoms with Crippen LogP contribution in [0, 0.1) is 0 Å². The molecule has 1 amide bonds. The number of hydrogen-bond acceptors (Lipinski definition) is 4. The van der Waals surface area contributed by atoms with Crippen LogP contribution in [-0.4, -0.2) is 34.8 Å². The lowest BCUT2D eigenvalue weighted by Gasteiger charge is -2.11. The predicted octanol–water partition coefficient (Wildman–Crippen LogP) is 0.979. The van der Waals surface area contributed by atoms with E-state index in [4.69, 9.17) is 9.84 Å². The maximum atomic E-state index is 11.7. The minimum atomic E-state index is -0.568. The SMILES string of the molecule is CC(O)CNC(=O)c1cncc(OC(C)C)c1. The summed E-state index contributed by atoms with van der Waals surface area (Å²) in [7, 11) is 0. The molecule has 0 radical (unpaired) electrons. The molecule has 0 saturated carbocycles. The Balaban J connectivity index is 2.67. The van der Waals surface area contributed by atoms with E-state index in [-0.39, 0.29) is 18.6 Å². The van der Waals surface area contributed by atoms with Crippen molar-refractivity contribution in [2.45, 2.75) is 33.0 Å². The summed E-state index contributed by atoms with van der Waals surface area (Å²) >= 11 is 0. The molecule has 94 valence electrons. The number of carbonyl (C=O) groups excluding carboxylic acids is 1. The molecule has 5 nitrogen and oxygen atoms in total. The van der Waals surface area contributed by atoms with Crippen molar-refractivity contribution in [1.29, 1.82) is 0 Å². The molecule has 0 aliphatic heterocycles. The van der Waals surface area contributed by atoms with Gasteiger partial charge in [-0.15, -0.1) is 0 Å². The second kappa shape index (κ2) is 6.20. The van der Waals surface area contributed by atoms with E-state index in [0.29, 0.717) is 11.3 Å². The van der Waals surface area contributed by atoms with Crippen LogP contribution in [0.1, 0.15) is 31.1 Å². The summed E-state index contributed by atoms with van der Waals surface area (Å²) in [5.74, 6) is 0.289. The van der Waals surface area contributed by atoms with Crippen molar-refractivity contribution in [3.05, 3.63) is 24.0 Å². The quantitative estimate of drug-likeness (QED) is 0.802. The number of carbonyl (C=O) groups is 1. The van der Waals surface area contributed by atoms with Crippen molar-refractivity contribution in [1.82, 2.24) is 10.3 Å². The van der Waals surface area contributed by atoms with Gasteiger partial charge in [-0.1, -0.05) is 0 Å². The van der Waals surface area contributed by atoms with Crippen molar-refractivity contribution in [2.24, 2.45) is 0 Å². The first-order chi connectivity index (χ1) is 7.99. The zero-order valence-electron chi connectivity index (χ0n) is 10.3. The van der Waals surface area contributed by atoms with Gasteiger partial charge in [-0.05, 0) is 26.8 Å². The predicted molar refractivity (Wildman–Crippen MR) is 64.0 cm³/mol. The number of rotatable bonds is 5. The lowest BCUT2D eigenvalue weighted by atomic mass is 10.2. The van der Waals surface area contributed by atoms with E-state index < -0.39 is 6.10 Å². The third kappa shape index (κ3) is 4.82. The fraction of sp³-hybridized carbons (Fsp3) is 0.500. The third-order valence-electron chi connectivity index (χ3n) is 1.91. The average molecular weight is 238 g/mol. The van der Waals surface area contributed by atoms with Gasteiger partial charge in [-0.25, -0.2) is 0 Å². The van der Waals surface area contributed by atoms with Gasteiger partial charge in [0, 0.05) is 12.7 Å². The number of nitrogens with one attached hydrogen (secondary N) is 1. The molecule has 5 heteroatoms. The molecule has 1 heterocycles. The van der Waals surface area contributed by atoms with Crippen molar-refractivity contribution in [2.75, 3.05) is 6.54 Å². The molecule has 1 atom stereocenters. The van der Waals surface area contributed by atoms with Crippen molar-refractivity contribution < 1.29 is 14.6 Å². The number of ether oxygens (including phenoxy) is 1. The van der Waals surface area contributed by atoms with E-state index in [1.807, 2.05) is 13.8 Å². The highest BCUT2D eigenvalue weighted by atomic mass is 16.5. The van der Waals surface area contributed by atoms with Crippen LogP contribution in [0.5, 0.6) is 5.75 Å². The van der Waals surface area contributed by atoms with Crippen molar-refractivity contribution in [3.8, 4) is 5.75 Å². The van der Waals surface area contributed by atoms with Crippen LogP contribution in [0.2, 0.25) is 0 Å². The van der Waals surface area contributed by atoms with Gasteiger partial charge in [0.05, 0.1) is 24.0 Å². The molecule has 1 rings (SSSR count). The topological polar surface area (TPSA) is 71.5 Å². The Morgan fingerprint density at radius 2 is 2.18 bits per heavy atom. The number of hydrogen-bond donors (Lipinski definition) is 2. The van der Waals surface area contributed by atoms with Crippen LogP contribution in [0.3, 0.4) is 0 Å². The fourth-order valence-electron chi connectivity index (χ4n) is 1.22. The van der Waals surface area contributed by atoms with Gasteiger partial charge in [0.1, 0.15) is 5.75 Å². The van der Waals surface area contributed by atoms with E-state index in [1.165, 1.54) is 6.20 Å². The lowest BCUT2D eigenvalue weighted by Crippen LogP contribution is -2.30. The first kappa shape index (κ1) is 13.4. The van der Waals surface area contributed by atoms with Crippen LogP contribution in [0.25, 0.3) is 0 Å². The molecule has 0 aromatic carbocycles. The van der Waals surface area contributed by atoms with E-state index in [2.05, 4.69) is 10.3 Å². The molecule has 1 aromatic heterocycles. The highest BCUT2D eigenvalue weighted by molar-refractivity contribution is 5.94. The van der Waals surface area contributed by atoms with Gasteiger partial charge in [-0.3, -0.25) is 9.78 Å². The number of aromatic nitrogens is 1. The first-order valence-electron chi connectivity index (χ1n) is 5.57. The number of aliphatic hydroxyl groups is 1. The largest absolute Gasteiger partial charge is 0.489 e. The molecule has 0 saturated heterocycles. The summed E-state index contributed by atoms with van der Waals surface area (Å²) in [5, 5.41) is 11.7. The molecule has 2 N–H and O–H groups in total. The molecular weight excluding hydrogens is 220 g/mol. The molecule has 1 unspecified atom stereocenters. The molecule has 0 aliphatic rings. The van der Waals surface area contributed by atoms with Gasteiger partial charge in [-0.2, -0.15) is 0 Å². The van der Waals surface area contributed by atoms with Gasteiger partial charge in [0.25, 0.3) is 5.91 Å². The van der Waals surface area contributed by atoms with Crippen LogP contribution in [-0.2, 0) is 0 Å². The van der Waals surface area contributed by atoms with E-state index in [9.17, 15) is 4.79 Å². The first-order valence-corrected chi connectivity index (χ1v) is 5.57. The number of pyridine rings is 1. The number of amides is 1. The van der Waals surface area contributed by atoms with E-state index in [1.54, 1.807) is 19.2 Å². The second-order valence-corrected chi connectivity index (χ2v) is 4.13. The Morgan fingerprint density at radius 1 is 1.47 bits per heavy atom. The zero-order valence-corrected chi connectivity index (χ0v) is 10.3. The summed E-state index contributed by atoms with van der Waals surface area (Å²) in [6.07, 6.45) is 2.49. The summed E-state index contributed by atoms with van der Waals surface area (Å²) in [6.45, 7) is 5.63. The Kier molecular flexibility index (Phi) is 4.90. The van der Waals surface area contributed by atoms with Gasteiger partial charge < -0.3 is 15.2 Å². The van der Waals surface area contributed by atoms with Gasteiger partial charge in [0.15, 0.2) is 0 Å². The number of nitrogens with zero attached hydrogens (tertiary/aromatic N) is 1. The monoisotopic (exact) mass is 238 g/mol. The summed E-state index contributed by atoms with van der Waals surface area (Å²) < 4.78 is 5.44. The van der Waals surface area contributed by atoms with Crippen LogP contribution >= 0.6 is 0 Å². The Hall–Kier alpha value is -1.62. The minimum absolute atomic E-state index is 0.0348. The third-order valence-corrected chi connectivity index (χ3v) is 1.91. The highest BCUT2D eigenvalue weighted by Gasteiger charge is 2.08. The summed E-state index contributed by atoms with van der Waals surface area (Å²) in [6, 6.07) is 1.63. The van der Waals surface area contributed by atoms with E-state index >= 15 is 0 Å². The Labute approximate surface area is 101 Å². The zero-order chi connectivity index (χ0) is 12.8. The molecular formula is C12H18N2O3. The molecule has 1 aromatic rings. The summed E-state index contributed by atoms with van der Waals surface area (Å²) in [5.41, 5.74) is 0.420. The molecule has 0 spiro atoms. The van der Waals surface area contributed by atoms with Crippen LogP contribution in [0.15, 0.2) is 18.5 Å². The minimum Gasteiger partial charge on any atom is -0.489 e. The normalized spacial score (nSPS) is 12.3. The van der Waals surface area contributed by atoms with Crippen molar-refractivity contribution >= 4 is 5.91 Å². The van der Waals surface area contributed by atoms with Gasteiger partial charge in [0.2, 0.25) is 0 Å². The van der Waals surface area contributed by atoms with Crippen LogP contribution in [0.4, 0.5) is 0 Å². The molecule has 0 aliphatic carbocycles. The molecule has 0 bridgehead atoms. The highest BCUT2D eigenvalue weighted by Crippen LogP contribution is 2.12. The maximum absolute atomic E-state index is 11.7. The standard InChI is InChI=1S/C12H18N2O3/c1-8(2)17-11-4-10(6-13-7-11)12(16)14-5-9(3)15/h4,6-9,15H,5H2,1-3H3,(H,14,16). The van der Waals surface area contributed by atoms with Crippen LogP contribution < -0.4 is 10.1 Å². The molecule has 17 heavy (non-hydrogen) atoms. The van der Waals surface area contributed by atoms with Gasteiger partial charge >= 0.3 is 0 Å². The lowest BCUT2D eigenvalue weighted by molar-refractivity contribution is 0.0923.